The van der Waals surface area contributed by atoms with E-state index < -0.39 is 0 Å². The molecule has 0 saturated carbocycles. The van der Waals surface area contributed by atoms with Crippen molar-refractivity contribution in [3.8, 4) is 0 Å². The van der Waals surface area contributed by atoms with Gasteiger partial charge in [-0.15, -0.1) is 0 Å². The van der Waals surface area contributed by atoms with Gasteiger partial charge in [-0.3, -0.25) is 4.84 Å². The lowest BCUT2D eigenvalue weighted by Gasteiger charge is -2.07. The van der Waals surface area contributed by atoms with Crippen molar-refractivity contribution in [1.82, 2.24) is 15.0 Å². The van der Waals surface area contributed by atoms with Gasteiger partial charge in [0.15, 0.2) is 0 Å². The molecule has 0 unspecified atom stereocenters. The van der Waals surface area contributed by atoms with Gasteiger partial charge >= 0.3 is 0 Å². The van der Waals surface area contributed by atoms with Gasteiger partial charge in [-0.05, 0) is 0 Å². The van der Waals surface area contributed by atoms with Gasteiger partial charge in [0.05, 0.1) is 0 Å². The minimum Gasteiger partial charge on any atom is -0.347 e. The lowest BCUT2D eigenvalue weighted by atomic mass is 10.7. The van der Waals surface area contributed by atoms with E-state index in [2.05, 4.69) is 9.97 Å². The number of aromatic nitrogens is 2. The van der Waals surface area contributed by atoms with Crippen LogP contribution >= 0.6 is 0 Å². The van der Waals surface area contributed by atoms with Crippen molar-refractivity contribution in [3.63, 3.8) is 0 Å². The molecule has 0 amide bonds. The molecule has 0 fully saturated rings. The predicted octanol–water partition coefficient (Wildman–Crippen LogP) is 0.403. The average molecular weight is 141 g/mol. The van der Waals surface area contributed by atoms with Crippen LogP contribution in [0.15, 0.2) is 12.4 Å². The largest absolute Gasteiger partial charge is 0.347 e. The van der Waals surface area contributed by atoms with Crippen LogP contribution in [0, 0.1) is 0 Å². The van der Waals surface area contributed by atoms with E-state index in [0.717, 1.165) is 5.82 Å². The van der Waals surface area contributed by atoms with Crippen LogP contribution in [0.2, 0.25) is 0 Å². The summed E-state index contributed by atoms with van der Waals surface area (Å²) in [6.07, 6.45) is 3.47. The van der Waals surface area contributed by atoms with Gasteiger partial charge < -0.3 is 4.98 Å². The van der Waals surface area contributed by atoms with Crippen LogP contribution in [0.25, 0.3) is 0 Å². The zero-order chi connectivity index (χ0) is 7.40. The Bertz CT molecular complexity index is 171. The number of nitrogens with zero attached hydrogens (tertiary/aromatic N) is 2. The molecule has 0 aliphatic carbocycles. The zero-order valence-electron chi connectivity index (χ0n) is 6.16. The number of rotatable bonds is 3. The minimum absolute atomic E-state index is 0.500. The molecule has 4 heteroatoms. The van der Waals surface area contributed by atoms with E-state index in [1.165, 1.54) is 0 Å². The highest BCUT2D eigenvalue weighted by Gasteiger charge is 1.94. The first-order valence-electron chi connectivity index (χ1n) is 3.07. The van der Waals surface area contributed by atoms with Crippen LogP contribution in [-0.4, -0.2) is 29.1 Å². The molecule has 1 N–H and O–H groups in total. The van der Waals surface area contributed by atoms with Gasteiger partial charge in [0.2, 0.25) is 0 Å². The quantitative estimate of drug-likeness (QED) is 0.619. The monoisotopic (exact) mass is 141 g/mol. The average Bonchev–Trinajstić information content (AvgIpc) is 2.34. The van der Waals surface area contributed by atoms with E-state index in [0.29, 0.717) is 6.61 Å². The summed E-state index contributed by atoms with van der Waals surface area (Å²) in [5, 5.41) is 1.64. The lowest BCUT2D eigenvalue weighted by Crippen LogP contribution is -2.12. The molecule has 1 aromatic heterocycles. The maximum absolute atomic E-state index is 5.13. The lowest BCUT2D eigenvalue weighted by molar-refractivity contribution is -0.132. The SMILES string of the molecule is CN(C)OCc1ncc[nH]1. The molecule has 10 heavy (non-hydrogen) atoms. The minimum atomic E-state index is 0.500. The van der Waals surface area contributed by atoms with Gasteiger partial charge in [-0.2, -0.15) is 5.06 Å². The van der Waals surface area contributed by atoms with Crippen LogP contribution < -0.4 is 0 Å². The van der Waals surface area contributed by atoms with Crippen LogP contribution in [-0.2, 0) is 11.4 Å². The van der Waals surface area contributed by atoms with Crippen LogP contribution in [0.1, 0.15) is 5.82 Å². The van der Waals surface area contributed by atoms with Gasteiger partial charge in [0.25, 0.3) is 0 Å². The van der Waals surface area contributed by atoms with Crippen molar-refractivity contribution in [3.05, 3.63) is 18.2 Å². The molecule has 1 aromatic rings. The van der Waals surface area contributed by atoms with Crippen LogP contribution in [0.5, 0.6) is 0 Å². The number of hydrogen-bond donors (Lipinski definition) is 1. The Morgan fingerprint density at radius 1 is 1.70 bits per heavy atom. The molecule has 0 radical (unpaired) electrons. The molecule has 4 nitrogen and oxygen atoms in total. The summed E-state index contributed by atoms with van der Waals surface area (Å²) in [5.41, 5.74) is 0. The molecule has 0 bridgehead atoms. The standard InChI is InChI=1S/C6H11N3O/c1-9(2)10-5-6-7-3-4-8-6/h3-4H,5H2,1-2H3,(H,7,8). The summed E-state index contributed by atoms with van der Waals surface area (Å²) in [6, 6.07) is 0. The van der Waals surface area contributed by atoms with Crippen molar-refractivity contribution >= 4 is 0 Å². The van der Waals surface area contributed by atoms with Crippen molar-refractivity contribution in [2.24, 2.45) is 0 Å². The summed E-state index contributed by atoms with van der Waals surface area (Å²) in [6.45, 7) is 0.500. The first-order chi connectivity index (χ1) is 4.79. The fraction of sp³-hybridized carbons (Fsp3) is 0.500. The van der Waals surface area contributed by atoms with E-state index in [9.17, 15) is 0 Å². The summed E-state index contributed by atoms with van der Waals surface area (Å²) < 4.78 is 0. The second-order valence-electron chi connectivity index (χ2n) is 2.12. The van der Waals surface area contributed by atoms with Crippen molar-refractivity contribution in [2.45, 2.75) is 6.61 Å². The molecule has 0 aliphatic heterocycles. The third kappa shape index (κ3) is 2.16. The third-order valence-electron chi connectivity index (χ3n) is 1.01. The van der Waals surface area contributed by atoms with Crippen LogP contribution in [0.3, 0.4) is 0 Å². The number of hydroxylamine groups is 2. The molecular weight excluding hydrogens is 130 g/mol. The molecule has 1 heterocycles. The summed E-state index contributed by atoms with van der Waals surface area (Å²) in [5.74, 6) is 0.841. The second-order valence-corrected chi connectivity index (χ2v) is 2.12. The predicted molar refractivity (Wildman–Crippen MR) is 37.1 cm³/mol. The van der Waals surface area contributed by atoms with Crippen molar-refractivity contribution < 1.29 is 4.84 Å². The second kappa shape index (κ2) is 3.34. The summed E-state index contributed by atoms with van der Waals surface area (Å²) >= 11 is 0. The highest BCUT2D eigenvalue weighted by molar-refractivity contribution is 4.83. The molecule has 56 valence electrons. The topological polar surface area (TPSA) is 41.1 Å². The van der Waals surface area contributed by atoms with E-state index in [1.807, 2.05) is 14.1 Å². The van der Waals surface area contributed by atoms with Gasteiger partial charge in [-0.1, -0.05) is 0 Å². The highest BCUT2D eigenvalue weighted by atomic mass is 16.7. The Kier molecular flexibility index (Phi) is 2.42. The highest BCUT2D eigenvalue weighted by Crippen LogP contribution is 1.91. The van der Waals surface area contributed by atoms with Gasteiger partial charge in [0, 0.05) is 26.5 Å². The molecule has 1 rings (SSSR count). The number of imidazole rings is 1. The fourth-order valence-corrected chi connectivity index (χ4v) is 0.567. The summed E-state index contributed by atoms with van der Waals surface area (Å²) in [7, 11) is 3.67. The maximum Gasteiger partial charge on any atom is 0.134 e. The first-order valence-corrected chi connectivity index (χ1v) is 3.07. The van der Waals surface area contributed by atoms with E-state index in [1.54, 1.807) is 17.5 Å². The Morgan fingerprint density at radius 3 is 3.00 bits per heavy atom. The zero-order valence-corrected chi connectivity index (χ0v) is 6.16. The van der Waals surface area contributed by atoms with Gasteiger partial charge in [-0.25, -0.2) is 4.98 Å². The third-order valence-corrected chi connectivity index (χ3v) is 1.01. The molecule has 0 aliphatic rings. The smallest absolute Gasteiger partial charge is 0.134 e. The number of nitrogens with one attached hydrogen (secondary N) is 1. The molecule has 0 aromatic carbocycles. The number of aromatic amines is 1. The maximum atomic E-state index is 5.13. The van der Waals surface area contributed by atoms with Gasteiger partial charge in [0.1, 0.15) is 12.4 Å². The van der Waals surface area contributed by atoms with Crippen LogP contribution in [0.4, 0.5) is 0 Å². The van der Waals surface area contributed by atoms with Crippen molar-refractivity contribution in [2.75, 3.05) is 14.1 Å². The molecule has 0 saturated heterocycles. The van der Waals surface area contributed by atoms with Crippen molar-refractivity contribution in [1.29, 1.82) is 0 Å². The molecular formula is C6H11N3O. The Morgan fingerprint density at radius 2 is 2.50 bits per heavy atom. The summed E-state index contributed by atoms with van der Waals surface area (Å²) in [4.78, 5) is 12.0. The molecule has 0 atom stereocenters. The fourth-order valence-electron chi connectivity index (χ4n) is 0.567. The normalized spacial score (nSPS) is 10.7. The van der Waals surface area contributed by atoms with E-state index >= 15 is 0 Å². The first kappa shape index (κ1) is 7.24. The molecule has 0 spiro atoms. The Labute approximate surface area is 59.8 Å². The van der Waals surface area contributed by atoms with E-state index in [-0.39, 0.29) is 0 Å². The Balaban J connectivity index is 2.28. The number of H-pyrrole nitrogens is 1. The number of hydrogen-bond acceptors (Lipinski definition) is 3. The Hall–Kier alpha value is -0.870. The van der Waals surface area contributed by atoms with E-state index in [4.69, 9.17) is 4.84 Å².